The minimum Gasteiger partial charge on any atom is -0.450 e. The molecular formula is C21H18ClNO4. The van der Waals surface area contributed by atoms with Crippen LogP contribution in [0.4, 0.5) is 0 Å². The van der Waals surface area contributed by atoms with Crippen molar-refractivity contribution in [3.8, 4) is 0 Å². The summed E-state index contributed by atoms with van der Waals surface area (Å²) in [7, 11) is 1.58. The van der Waals surface area contributed by atoms with Gasteiger partial charge in [-0.1, -0.05) is 41.9 Å². The number of benzene rings is 2. The number of halogens is 1. The topological polar surface area (TPSA) is 59.8 Å². The molecule has 27 heavy (non-hydrogen) atoms. The number of methoxy groups -OCH3 is 1. The van der Waals surface area contributed by atoms with Gasteiger partial charge in [-0.2, -0.15) is 0 Å². The zero-order valence-electron chi connectivity index (χ0n) is 15.0. The van der Waals surface area contributed by atoms with Gasteiger partial charge in [-0.3, -0.25) is 9.59 Å². The minimum absolute atomic E-state index is 0.0965. The number of fused-ring (bicyclic) bond motifs is 2. The maximum atomic E-state index is 13.3. The number of hydrogen-bond acceptors (Lipinski definition) is 4. The molecule has 138 valence electrons. The average Bonchev–Trinajstić information content (AvgIpc) is 2.95. The first-order valence-corrected chi connectivity index (χ1v) is 9.02. The molecule has 6 heteroatoms. The summed E-state index contributed by atoms with van der Waals surface area (Å²) in [6.45, 7) is 2.55. The molecular weight excluding hydrogens is 366 g/mol. The summed E-state index contributed by atoms with van der Waals surface area (Å²) < 4.78 is 11.1. The molecule has 1 unspecified atom stereocenters. The molecule has 0 fully saturated rings. The molecule has 0 saturated heterocycles. The zero-order valence-corrected chi connectivity index (χ0v) is 15.7. The van der Waals surface area contributed by atoms with E-state index >= 15 is 0 Å². The van der Waals surface area contributed by atoms with E-state index < -0.39 is 6.04 Å². The highest BCUT2D eigenvalue weighted by Crippen LogP contribution is 2.38. The van der Waals surface area contributed by atoms with Crippen molar-refractivity contribution in [3.05, 3.63) is 80.2 Å². The van der Waals surface area contributed by atoms with Crippen LogP contribution in [-0.4, -0.2) is 31.1 Å². The third-order valence-corrected chi connectivity index (χ3v) is 5.31. The van der Waals surface area contributed by atoms with Crippen molar-refractivity contribution in [2.75, 3.05) is 20.3 Å². The smallest absolute Gasteiger partial charge is 0.290 e. The van der Waals surface area contributed by atoms with Crippen molar-refractivity contribution in [2.24, 2.45) is 0 Å². The average molecular weight is 384 g/mol. The fourth-order valence-corrected chi connectivity index (χ4v) is 3.71. The van der Waals surface area contributed by atoms with Crippen LogP contribution in [0.25, 0.3) is 11.0 Å². The Balaban J connectivity index is 1.99. The predicted molar refractivity (Wildman–Crippen MR) is 103 cm³/mol. The van der Waals surface area contributed by atoms with Gasteiger partial charge in [-0.25, -0.2) is 0 Å². The van der Waals surface area contributed by atoms with Crippen LogP contribution in [0.15, 0.2) is 51.7 Å². The largest absolute Gasteiger partial charge is 0.450 e. The lowest BCUT2D eigenvalue weighted by atomic mass is 9.98. The van der Waals surface area contributed by atoms with Crippen molar-refractivity contribution in [1.82, 2.24) is 4.90 Å². The minimum atomic E-state index is -0.510. The van der Waals surface area contributed by atoms with Crippen LogP contribution in [0.2, 0.25) is 5.02 Å². The molecule has 0 saturated carbocycles. The van der Waals surface area contributed by atoms with Gasteiger partial charge in [0.05, 0.1) is 23.6 Å². The Labute approximate surface area is 161 Å². The fraction of sp³-hybridized carbons (Fsp3) is 0.238. The number of aryl methyl sites for hydroxylation is 1. The monoisotopic (exact) mass is 383 g/mol. The molecule has 0 N–H and O–H groups in total. The summed E-state index contributed by atoms with van der Waals surface area (Å²) >= 11 is 6.22. The summed E-state index contributed by atoms with van der Waals surface area (Å²) in [6, 6.07) is 12.3. The van der Waals surface area contributed by atoms with E-state index in [1.54, 1.807) is 24.1 Å². The van der Waals surface area contributed by atoms with E-state index in [2.05, 4.69) is 0 Å². The molecule has 1 aliphatic rings. The van der Waals surface area contributed by atoms with Crippen molar-refractivity contribution in [1.29, 1.82) is 0 Å². The van der Waals surface area contributed by atoms with Crippen molar-refractivity contribution >= 4 is 28.5 Å². The first kappa shape index (κ1) is 17.8. The van der Waals surface area contributed by atoms with Gasteiger partial charge in [0.25, 0.3) is 5.91 Å². The highest BCUT2D eigenvalue weighted by molar-refractivity contribution is 6.32. The van der Waals surface area contributed by atoms with Gasteiger partial charge in [0.15, 0.2) is 5.43 Å². The first-order valence-electron chi connectivity index (χ1n) is 8.64. The molecule has 1 aromatic heterocycles. The summed E-state index contributed by atoms with van der Waals surface area (Å²) in [5.74, 6) is -0.207. The lowest BCUT2D eigenvalue weighted by molar-refractivity contribution is 0.0663. The van der Waals surface area contributed by atoms with Crippen molar-refractivity contribution < 1.29 is 13.9 Å². The van der Waals surface area contributed by atoms with Crippen LogP contribution in [0.5, 0.6) is 0 Å². The Morgan fingerprint density at radius 2 is 1.93 bits per heavy atom. The van der Waals surface area contributed by atoms with Gasteiger partial charge in [0.2, 0.25) is 5.76 Å². The SMILES string of the molecule is COCCN1C(=O)c2oc3cc(C)c(Cl)cc3c(=O)c2C1c1ccccc1. The van der Waals surface area contributed by atoms with Gasteiger partial charge in [-0.05, 0) is 30.2 Å². The third-order valence-electron chi connectivity index (χ3n) is 4.90. The van der Waals surface area contributed by atoms with Crippen LogP contribution in [-0.2, 0) is 4.74 Å². The Morgan fingerprint density at radius 3 is 2.63 bits per heavy atom. The molecule has 0 spiro atoms. The van der Waals surface area contributed by atoms with Crippen molar-refractivity contribution in [2.45, 2.75) is 13.0 Å². The Bertz CT molecular complexity index is 1090. The maximum absolute atomic E-state index is 13.3. The number of hydrogen-bond donors (Lipinski definition) is 0. The fourth-order valence-electron chi connectivity index (χ4n) is 3.54. The summed E-state index contributed by atoms with van der Waals surface area (Å²) in [4.78, 5) is 28.0. The molecule has 4 rings (SSSR count). The van der Waals surface area contributed by atoms with E-state index in [-0.39, 0.29) is 17.1 Å². The third kappa shape index (κ3) is 2.83. The Hall–Kier alpha value is -2.63. The number of ether oxygens (including phenoxy) is 1. The number of carbonyl (C=O) groups is 1. The van der Waals surface area contributed by atoms with Gasteiger partial charge >= 0.3 is 0 Å². The van der Waals surface area contributed by atoms with E-state index in [1.165, 1.54) is 0 Å². The summed E-state index contributed by atoms with van der Waals surface area (Å²) in [5, 5.41) is 0.873. The first-order chi connectivity index (χ1) is 13.0. The molecule has 0 radical (unpaired) electrons. The molecule has 1 atom stereocenters. The summed E-state index contributed by atoms with van der Waals surface area (Å²) in [5.41, 5.74) is 2.14. The standard InChI is InChI=1S/C21H18ClNO4/c1-12-10-16-14(11-15(12)22)19(24)17-18(13-6-4-3-5-7-13)23(8-9-26-2)21(25)20(17)27-16/h3-7,10-11,18H,8-9H2,1-2H3. The van der Waals surface area contributed by atoms with E-state index in [4.69, 9.17) is 20.8 Å². The second-order valence-electron chi connectivity index (χ2n) is 6.58. The van der Waals surface area contributed by atoms with Gasteiger partial charge in [0, 0.05) is 18.7 Å². The quantitative estimate of drug-likeness (QED) is 0.684. The molecule has 2 heterocycles. The van der Waals surface area contributed by atoms with Gasteiger partial charge < -0.3 is 14.1 Å². The van der Waals surface area contributed by atoms with Crippen LogP contribution in [0, 0.1) is 6.92 Å². The second kappa shape index (κ2) is 6.83. The highest BCUT2D eigenvalue weighted by atomic mass is 35.5. The van der Waals surface area contributed by atoms with E-state index in [0.29, 0.717) is 34.7 Å². The normalized spacial score (nSPS) is 16.2. The van der Waals surface area contributed by atoms with E-state index in [1.807, 2.05) is 37.3 Å². The number of amides is 1. The molecule has 0 aliphatic carbocycles. The maximum Gasteiger partial charge on any atom is 0.290 e. The van der Waals surface area contributed by atoms with Gasteiger partial charge in [0.1, 0.15) is 5.58 Å². The number of rotatable bonds is 4. The number of nitrogens with zero attached hydrogens (tertiary/aromatic N) is 1. The van der Waals surface area contributed by atoms with Crippen LogP contribution < -0.4 is 5.43 Å². The molecule has 5 nitrogen and oxygen atoms in total. The van der Waals surface area contributed by atoms with E-state index in [9.17, 15) is 9.59 Å². The molecule has 1 amide bonds. The summed E-state index contributed by atoms with van der Waals surface area (Å²) in [6.07, 6.45) is 0. The molecule has 3 aromatic rings. The Morgan fingerprint density at radius 1 is 1.19 bits per heavy atom. The molecule has 2 aromatic carbocycles. The lowest BCUT2D eigenvalue weighted by Gasteiger charge is -2.24. The van der Waals surface area contributed by atoms with Crippen molar-refractivity contribution in [3.63, 3.8) is 0 Å². The van der Waals surface area contributed by atoms with Crippen LogP contribution in [0.1, 0.15) is 33.3 Å². The highest BCUT2D eigenvalue weighted by Gasteiger charge is 2.42. The number of carbonyl (C=O) groups excluding carboxylic acids is 1. The second-order valence-corrected chi connectivity index (χ2v) is 6.98. The van der Waals surface area contributed by atoms with Crippen LogP contribution >= 0.6 is 11.6 Å². The van der Waals surface area contributed by atoms with E-state index in [0.717, 1.165) is 11.1 Å². The predicted octanol–water partition coefficient (Wildman–Crippen LogP) is 3.95. The Kier molecular flexibility index (Phi) is 4.50. The lowest BCUT2D eigenvalue weighted by Crippen LogP contribution is -2.32. The molecule has 0 bridgehead atoms. The molecule has 1 aliphatic heterocycles. The van der Waals surface area contributed by atoms with Gasteiger partial charge in [-0.15, -0.1) is 0 Å². The van der Waals surface area contributed by atoms with Crippen LogP contribution in [0.3, 0.4) is 0 Å². The zero-order chi connectivity index (χ0) is 19.1.